The second-order valence-electron chi connectivity index (χ2n) is 7.74. The van der Waals surface area contributed by atoms with Gasteiger partial charge in [-0.15, -0.1) is 0 Å². The van der Waals surface area contributed by atoms with Crippen molar-refractivity contribution in [2.45, 2.75) is 39.5 Å². The Morgan fingerprint density at radius 3 is 2.38 bits per heavy atom. The molecule has 0 saturated heterocycles. The minimum atomic E-state index is -0.499. The Morgan fingerprint density at radius 1 is 1.15 bits per heavy atom. The fourth-order valence-electron chi connectivity index (χ4n) is 3.82. The van der Waals surface area contributed by atoms with Gasteiger partial charge in [0.25, 0.3) is 0 Å². The molecule has 138 valence electrons. The zero-order chi connectivity index (χ0) is 19.1. The maximum Gasteiger partial charge on any atom is 0.358 e. The highest BCUT2D eigenvalue weighted by atomic mass is 16.5. The molecule has 1 N–H and O–H groups in total. The van der Waals surface area contributed by atoms with Crippen LogP contribution in [-0.2, 0) is 19.1 Å². The molecule has 0 radical (unpaired) electrons. The van der Waals surface area contributed by atoms with E-state index in [1.807, 2.05) is 31.2 Å². The van der Waals surface area contributed by atoms with Crippen molar-refractivity contribution in [3.05, 3.63) is 58.1 Å². The molecule has 26 heavy (non-hydrogen) atoms. The number of esters is 1. The lowest BCUT2D eigenvalue weighted by molar-refractivity contribution is -0.137. The van der Waals surface area contributed by atoms with E-state index in [2.05, 4.69) is 19.2 Å². The van der Waals surface area contributed by atoms with Gasteiger partial charge >= 0.3 is 5.97 Å². The van der Waals surface area contributed by atoms with E-state index in [9.17, 15) is 9.59 Å². The second kappa shape index (κ2) is 6.63. The van der Waals surface area contributed by atoms with Crippen LogP contribution >= 0.6 is 0 Å². The standard InChI is InChI=1S/C21H25NO4/c1-12-6-8-13(9-7-12)16-17-14(10-21(2,3)11-15(17)23)22-18(19(16)25-4)20(24)26-5/h6-9,16,22H,10-11H2,1-5H3. The molecule has 0 spiro atoms. The van der Waals surface area contributed by atoms with Crippen molar-refractivity contribution < 1.29 is 19.1 Å². The summed E-state index contributed by atoms with van der Waals surface area (Å²) in [7, 11) is 2.86. The molecule has 0 aromatic heterocycles. The van der Waals surface area contributed by atoms with Gasteiger partial charge in [-0.2, -0.15) is 0 Å². The molecule has 5 heteroatoms. The Balaban J connectivity index is 2.21. The Kier molecular flexibility index (Phi) is 4.65. The van der Waals surface area contributed by atoms with Gasteiger partial charge in [0.15, 0.2) is 11.5 Å². The molecule has 1 aliphatic heterocycles. The van der Waals surface area contributed by atoms with Crippen LogP contribution < -0.4 is 5.32 Å². The van der Waals surface area contributed by atoms with Crippen LogP contribution in [0.25, 0.3) is 0 Å². The average Bonchev–Trinajstić information content (AvgIpc) is 2.59. The topological polar surface area (TPSA) is 64.6 Å². The van der Waals surface area contributed by atoms with E-state index in [0.29, 0.717) is 24.2 Å². The van der Waals surface area contributed by atoms with Gasteiger partial charge in [-0.1, -0.05) is 43.7 Å². The van der Waals surface area contributed by atoms with Crippen LogP contribution in [0.5, 0.6) is 0 Å². The first-order valence-electron chi connectivity index (χ1n) is 8.73. The van der Waals surface area contributed by atoms with Crippen LogP contribution in [0.4, 0.5) is 0 Å². The number of benzene rings is 1. The van der Waals surface area contributed by atoms with Gasteiger partial charge in [0.1, 0.15) is 5.76 Å². The summed E-state index contributed by atoms with van der Waals surface area (Å²) in [6.45, 7) is 6.13. The fraction of sp³-hybridized carbons (Fsp3) is 0.429. The summed E-state index contributed by atoms with van der Waals surface area (Å²) in [6.07, 6.45) is 1.16. The van der Waals surface area contributed by atoms with Crippen LogP contribution in [0.3, 0.4) is 0 Å². The number of Topliss-reactive ketones (excluding diaryl/α,β-unsaturated/α-hetero) is 1. The lowest BCUT2D eigenvalue weighted by atomic mass is 9.70. The largest absolute Gasteiger partial charge is 0.498 e. The van der Waals surface area contributed by atoms with Crippen molar-refractivity contribution in [3.8, 4) is 0 Å². The summed E-state index contributed by atoms with van der Waals surface area (Å²) in [6, 6.07) is 7.97. The van der Waals surface area contributed by atoms with Gasteiger partial charge in [-0.3, -0.25) is 4.79 Å². The number of ketones is 1. The Morgan fingerprint density at radius 2 is 1.81 bits per heavy atom. The third-order valence-electron chi connectivity index (χ3n) is 5.01. The maximum absolute atomic E-state index is 13.0. The molecule has 0 fully saturated rings. The smallest absolute Gasteiger partial charge is 0.358 e. The first kappa shape index (κ1) is 18.2. The predicted octanol–water partition coefficient (Wildman–Crippen LogP) is 3.36. The zero-order valence-electron chi connectivity index (χ0n) is 15.9. The molecule has 5 nitrogen and oxygen atoms in total. The van der Waals surface area contributed by atoms with Crippen LogP contribution in [-0.4, -0.2) is 26.0 Å². The summed E-state index contributed by atoms with van der Waals surface area (Å²) in [4.78, 5) is 25.4. The SMILES string of the molecule is COC(=O)C1=C(OC)C(c2ccc(C)cc2)C2=C(CC(C)(C)CC2=O)N1. The van der Waals surface area contributed by atoms with E-state index in [1.165, 1.54) is 14.2 Å². The first-order chi connectivity index (χ1) is 12.3. The van der Waals surface area contributed by atoms with Gasteiger partial charge in [0, 0.05) is 17.7 Å². The van der Waals surface area contributed by atoms with Crippen molar-refractivity contribution in [1.29, 1.82) is 0 Å². The summed E-state index contributed by atoms with van der Waals surface area (Å²) in [5, 5.41) is 3.14. The van der Waals surface area contributed by atoms with Crippen molar-refractivity contribution in [3.63, 3.8) is 0 Å². The maximum atomic E-state index is 13.0. The van der Waals surface area contributed by atoms with Gasteiger partial charge in [0.05, 0.1) is 20.1 Å². The summed E-state index contributed by atoms with van der Waals surface area (Å²) < 4.78 is 10.5. The summed E-state index contributed by atoms with van der Waals surface area (Å²) in [5.74, 6) is -0.392. The Labute approximate surface area is 154 Å². The molecule has 2 aliphatic rings. The number of hydrogen-bond donors (Lipinski definition) is 1. The second-order valence-corrected chi connectivity index (χ2v) is 7.74. The number of allylic oxidation sites excluding steroid dienone is 2. The number of dihydropyridines is 1. The lowest BCUT2D eigenvalue weighted by Gasteiger charge is -2.39. The molecule has 1 heterocycles. The highest BCUT2D eigenvalue weighted by Crippen LogP contribution is 2.46. The Bertz CT molecular complexity index is 815. The number of ether oxygens (including phenoxy) is 2. The molecular weight excluding hydrogens is 330 g/mol. The molecule has 1 aromatic rings. The number of nitrogens with one attached hydrogen (secondary N) is 1. The third-order valence-corrected chi connectivity index (χ3v) is 5.01. The monoisotopic (exact) mass is 355 g/mol. The van der Waals surface area contributed by atoms with Gasteiger partial charge in [-0.05, 0) is 24.3 Å². The Hall–Kier alpha value is -2.56. The van der Waals surface area contributed by atoms with E-state index in [4.69, 9.17) is 9.47 Å². The van der Waals surface area contributed by atoms with E-state index < -0.39 is 11.9 Å². The molecule has 0 bridgehead atoms. The summed E-state index contributed by atoms with van der Waals surface area (Å²) >= 11 is 0. The molecular formula is C21H25NO4. The number of carbonyl (C=O) groups excluding carboxylic acids is 2. The number of aryl methyl sites for hydroxylation is 1. The predicted molar refractivity (Wildman–Crippen MR) is 98.2 cm³/mol. The molecule has 0 saturated carbocycles. The quantitative estimate of drug-likeness (QED) is 0.843. The number of methoxy groups -OCH3 is 2. The normalized spacial score (nSPS) is 21.9. The minimum Gasteiger partial charge on any atom is -0.498 e. The van der Waals surface area contributed by atoms with E-state index in [-0.39, 0.29) is 16.9 Å². The average molecular weight is 355 g/mol. The summed E-state index contributed by atoms with van der Waals surface area (Å²) in [5.41, 5.74) is 3.65. The highest BCUT2D eigenvalue weighted by Gasteiger charge is 2.43. The van der Waals surface area contributed by atoms with Crippen LogP contribution in [0.15, 0.2) is 47.0 Å². The van der Waals surface area contributed by atoms with Gasteiger partial charge in [0.2, 0.25) is 0 Å². The van der Waals surface area contributed by atoms with E-state index in [0.717, 1.165) is 16.8 Å². The molecule has 1 aliphatic carbocycles. The van der Waals surface area contributed by atoms with Crippen LogP contribution in [0, 0.1) is 12.3 Å². The number of rotatable bonds is 3. The first-order valence-corrected chi connectivity index (χ1v) is 8.73. The molecule has 1 unspecified atom stereocenters. The van der Waals surface area contributed by atoms with E-state index >= 15 is 0 Å². The van der Waals surface area contributed by atoms with Gasteiger partial charge in [-0.25, -0.2) is 4.79 Å². The molecule has 0 amide bonds. The fourth-order valence-corrected chi connectivity index (χ4v) is 3.82. The van der Waals surface area contributed by atoms with Crippen molar-refractivity contribution in [1.82, 2.24) is 5.32 Å². The lowest BCUT2D eigenvalue weighted by Crippen LogP contribution is -2.39. The van der Waals surface area contributed by atoms with Crippen molar-refractivity contribution in [2.24, 2.45) is 5.41 Å². The number of hydrogen-bond acceptors (Lipinski definition) is 5. The molecule has 1 atom stereocenters. The van der Waals surface area contributed by atoms with E-state index in [1.54, 1.807) is 0 Å². The van der Waals surface area contributed by atoms with Crippen molar-refractivity contribution >= 4 is 11.8 Å². The highest BCUT2D eigenvalue weighted by molar-refractivity contribution is 6.01. The molecule has 1 aromatic carbocycles. The van der Waals surface area contributed by atoms with Crippen LogP contribution in [0.2, 0.25) is 0 Å². The zero-order valence-corrected chi connectivity index (χ0v) is 15.9. The van der Waals surface area contributed by atoms with Gasteiger partial charge < -0.3 is 14.8 Å². The number of carbonyl (C=O) groups is 2. The van der Waals surface area contributed by atoms with Crippen LogP contribution in [0.1, 0.15) is 43.7 Å². The van der Waals surface area contributed by atoms with Crippen molar-refractivity contribution in [2.75, 3.05) is 14.2 Å². The third kappa shape index (κ3) is 3.14. The molecule has 3 rings (SSSR count). The minimum absolute atomic E-state index is 0.0905.